The quantitative estimate of drug-likeness (QED) is 0.485. The van der Waals surface area contributed by atoms with Crippen LogP contribution in [0.5, 0.6) is 0 Å². The number of hydrogen-bond donors (Lipinski definition) is 1. The third kappa shape index (κ3) is 3.46. The molecule has 0 bridgehead atoms. The maximum absolute atomic E-state index is 13.4. The molecule has 0 saturated heterocycles. The second-order valence-corrected chi connectivity index (χ2v) is 8.10. The van der Waals surface area contributed by atoms with E-state index in [0.29, 0.717) is 39.1 Å². The topological polar surface area (TPSA) is 85.8 Å². The first-order valence-corrected chi connectivity index (χ1v) is 10.3. The van der Waals surface area contributed by atoms with Crippen LogP contribution in [0.4, 0.5) is 19.0 Å². The molecule has 0 saturated carbocycles. The van der Waals surface area contributed by atoms with Crippen LogP contribution in [-0.2, 0) is 10.9 Å². The van der Waals surface area contributed by atoms with Crippen LogP contribution in [-0.4, -0.2) is 38.8 Å². The van der Waals surface area contributed by atoms with E-state index in [0.717, 1.165) is 12.1 Å². The largest absolute Gasteiger partial charge is 0.416 e. The highest BCUT2D eigenvalue weighted by Crippen LogP contribution is 2.39. The monoisotopic (exact) mass is 455 g/mol. The predicted molar refractivity (Wildman–Crippen MR) is 116 cm³/mol. The number of carbonyl (C=O) groups excluding carboxylic acids is 1. The molecular weight excluding hydrogens is 435 g/mol. The van der Waals surface area contributed by atoms with E-state index in [-0.39, 0.29) is 12.5 Å². The van der Waals surface area contributed by atoms with E-state index in [1.54, 1.807) is 49.1 Å². The van der Waals surface area contributed by atoms with Gasteiger partial charge in [0.1, 0.15) is 11.3 Å². The summed E-state index contributed by atoms with van der Waals surface area (Å²) in [6.07, 6.45) is -1.77. The Balaban J connectivity index is 1.52. The molecule has 0 radical (unpaired) electrons. The third-order valence-corrected chi connectivity index (χ3v) is 6.13. The number of ether oxygens (including phenoxy) is 1. The number of nitrogen functional groups attached to an aromatic ring is 1. The Bertz CT molecular complexity index is 1400. The van der Waals surface area contributed by atoms with E-state index in [1.165, 1.54) is 11.0 Å². The van der Waals surface area contributed by atoms with Gasteiger partial charge in [-0.1, -0.05) is 6.07 Å². The summed E-state index contributed by atoms with van der Waals surface area (Å²) in [7, 11) is 1.62. The van der Waals surface area contributed by atoms with Crippen molar-refractivity contribution in [3.8, 4) is 0 Å². The third-order valence-electron chi connectivity index (χ3n) is 6.13. The number of nitrogens with two attached hydrogens (primary N) is 1. The van der Waals surface area contributed by atoms with Gasteiger partial charge in [-0.3, -0.25) is 9.20 Å². The van der Waals surface area contributed by atoms with E-state index in [4.69, 9.17) is 10.5 Å². The van der Waals surface area contributed by atoms with Gasteiger partial charge >= 0.3 is 6.18 Å². The molecule has 2 aromatic heterocycles. The van der Waals surface area contributed by atoms with Crippen molar-refractivity contribution in [3.63, 3.8) is 0 Å². The van der Waals surface area contributed by atoms with Crippen molar-refractivity contribution in [1.29, 1.82) is 0 Å². The number of hydrogen-bond acceptors (Lipinski definition) is 5. The van der Waals surface area contributed by atoms with Gasteiger partial charge in [-0.2, -0.15) is 13.2 Å². The second-order valence-electron chi connectivity index (χ2n) is 8.10. The molecule has 0 unspecified atom stereocenters. The van der Waals surface area contributed by atoms with Crippen molar-refractivity contribution in [2.75, 3.05) is 19.4 Å². The Morgan fingerprint density at radius 1 is 1.18 bits per heavy atom. The predicted octanol–water partition coefficient (Wildman–Crippen LogP) is 4.39. The smallest absolute Gasteiger partial charge is 0.382 e. The van der Waals surface area contributed by atoms with Crippen LogP contribution in [0.3, 0.4) is 0 Å². The number of benzene rings is 2. The molecule has 4 aromatic rings. The molecule has 2 atom stereocenters. The lowest BCUT2D eigenvalue weighted by Gasteiger charge is -2.36. The summed E-state index contributed by atoms with van der Waals surface area (Å²) in [4.78, 5) is 23.3. The highest BCUT2D eigenvalue weighted by molar-refractivity contribution is 5.98. The summed E-state index contributed by atoms with van der Waals surface area (Å²) in [6, 6.07) is 8.12. The standard InChI is InChI=1S/C23H20F3N5O2/c1-12-16-8-14(23(24,25)26)4-5-15(16)20(10-33-12)30(2)22(32)13-3-6-17-18(7-13)31-11-28-9-19(31)21(27)29-17/h3-9,11-12,20H,10H2,1-2H3,(H2,27,29)/t12-,20-/m1/s1. The highest BCUT2D eigenvalue weighted by atomic mass is 19.4. The fourth-order valence-corrected chi connectivity index (χ4v) is 4.29. The normalized spacial score (nSPS) is 18.5. The summed E-state index contributed by atoms with van der Waals surface area (Å²) in [5, 5.41) is 0. The molecule has 7 nitrogen and oxygen atoms in total. The van der Waals surface area contributed by atoms with Gasteiger partial charge in [0.15, 0.2) is 0 Å². The summed E-state index contributed by atoms with van der Waals surface area (Å²) in [5.74, 6) is 0.0375. The molecule has 33 heavy (non-hydrogen) atoms. The molecule has 0 spiro atoms. The summed E-state index contributed by atoms with van der Waals surface area (Å²) >= 11 is 0. The molecule has 2 N–H and O–H groups in total. The zero-order valence-electron chi connectivity index (χ0n) is 17.8. The Labute approximate surface area is 186 Å². The van der Waals surface area contributed by atoms with Crippen molar-refractivity contribution < 1.29 is 22.7 Å². The molecule has 3 heterocycles. The number of fused-ring (bicyclic) bond motifs is 4. The van der Waals surface area contributed by atoms with Gasteiger partial charge in [0.2, 0.25) is 0 Å². The number of halogens is 3. The lowest BCUT2D eigenvalue weighted by molar-refractivity contribution is -0.137. The minimum atomic E-state index is -4.45. The van der Waals surface area contributed by atoms with Crippen molar-refractivity contribution in [1.82, 2.24) is 19.3 Å². The van der Waals surface area contributed by atoms with Crippen LogP contribution in [0.1, 0.15) is 46.1 Å². The summed E-state index contributed by atoms with van der Waals surface area (Å²) in [6.45, 7) is 1.88. The molecule has 0 aliphatic carbocycles. The SMILES string of the molecule is C[C@H]1OC[C@@H](N(C)C(=O)c2ccc3nc(N)c4cncn4c3c2)c2ccc(C(F)(F)F)cc21. The number of carbonyl (C=O) groups is 1. The number of nitrogens with zero attached hydrogens (tertiary/aromatic N) is 4. The lowest BCUT2D eigenvalue weighted by Crippen LogP contribution is -2.37. The van der Waals surface area contributed by atoms with Gasteiger partial charge in [0, 0.05) is 12.6 Å². The maximum atomic E-state index is 13.4. The maximum Gasteiger partial charge on any atom is 0.416 e. The minimum absolute atomic E-state index is 0.180. The van der Waals surface area contributed by atoms with Crippen molar-refractivity contribution in [3.05, 3.63) is 71.2 Å². The van der Waals surface area contributed by atoms with Crippen LogP contribution in [0.2, 0.25) is 0 Å². The minimum Gasteiger partial charge on any atom is -0.382 e. The van der Waals surface area contributed by atoms with Gasteiger partial charge in [0.05, 0.1) is 47.9 Å². The number of amides is 1. The number of aromatic nitrogens is 3. The van der Waals surface area contributed by atoms with E-state index in [9.17, 15) is 18.0 Å². The first-order valence-electron chi connectivity index (χ1n) is 10.3. The van der Waals surface area contributed by atoms with Crippen molar-refractivity contribution in [2.45, 2.75) is 25.2 Å². The average molecular weight is 455 g/mol. The van der Waals surface area contributed by atoms with Crippen molar-refractivity contribution in [2.24, 2.45) is 0 Å². The number of likely N-dealkylation sites (N-methyl/N-ethyl adjacent to an activating group) is 1. The first kappa shape index (κ1) is 21.2. The molecule has 10 heteroatoms. The molecule has 1 amide bonds. The summed E-state index contributed by atoms with van der Waals surface area (Å²) < 4.78 is 47.1. The van der Waals surface area contributed by atoms with Gasteiger partial charge in [-0.05, 0) is 48.4 Å². The molecular formula is C23H20F3N5O2. The van der Waals surface area contributed by atoms with Crippen LogP contribution >= 0.6 is 0 Å². The van der Waals surface area contributed by atoms with Crippen LogP contribution in [0, 0.1) is 0 Å². The van der Waals surface area contributed by atoms with Gasteiger partial charge in [-0.15, -0.1) is 0 Å². The molecule has 1 aliphatic heterocycles. The van der Waals surface area contributed by atoms with Gasteiger partial charge in [0.25, 0.3) is 5.91 Å². The zero-order valence-corrected chi connectivity index (χ0v) is 17.8. The lowest BCUT2D eigenvalue weighted by atomic mass is 9.91. The zero-order chi connectivity index (χ0) is 23.5. The van der Waals surface area contributed by atoms with Crippen LogP contribution in [0.25, 0.3) is 16.6 Å². The number of imidazole rings is 1. The second kappa shape index (κ2) is 7.45. The van der Waals surface area contributed by atoms with Crippen molar-refractivity contribution >= 4 is 28.3 Å². The molecule has 170 valence electrons. The molecule has 0 fully saturated rings. The number of rotatable bonds is 2. The first-order chi connectivity index (χ1) is 15.6. The van der Waals surface area contributed by atoms with Crippen LogP contribution < -0.4 is 5.73 Å². The number of alkyl halides is 3. The summed E-state index contributed by atoms with van der Waals surface area (Å²) in [5.41, 5.74) is 8.61. The van der Waals surface area contributed by atoms with Crippen LogP contribution in [0.15, 0.2) is 48.9 Å². The van der Waals surface area contributed by atoms with Gasteiger partial charge < -0.3 is 15.4 Å². The highest BCUT2D eigenvalue weighted by Gasteiger charge is 2.35. The Kier molecular flexibility index (Phi) is 4.78. The van der Waals surface area contributed by atoms with E-state index in [2.05, 4.69) is 9.97 Å². The average Bonchev–Trinajstić information content (AvgIpc) is 3.29. The van der Waals surface area contributed by atoms with E-state index < -0.39 is 23.9 Å². The number of anilines is 1. The molecule has 1 aliphatic rings. The fraction of sp³-hybridized carbons (Fsp3) is 0.261. The Hall–Kier alpha value is -3.66. The molecule has 2 aromatic carbocycles. The van der Waals surface area contributed by atoms with E-state index in [1.807, 2.05) is 0 Å². The molecule has 5 rings (SSSR count). The Morgan fingerprint density at radius 2 is 1.97 bits per heavy atom. The van der Waals surface area contributed by atoms with Gasteiger partial charge in [-0.25, -0.2) is 9.97 Å². The van der Waals surface area contributed by atoms with E-state index >= 15 is 0 Å². The Morgan fingerprint density at radius 3 is 2.73 bits per heavy atom. The fourth-order valence-electron chi connectivity index (χ4n) is 4.29.